The van der Waals surface area contributed by atoms with Gasteiger partial charge < -0.3 is 37.2 Å². The quantitative estimate of drug-likeness (QED) is 0.206. The van der Waals surface area contributed by atoms with Crippen molar-refractivity contribution in [1.29, 1.82) is 0 Å². The van der Waals surface area contributed by atoms with E-state index in [9.17, 15) is 33.6 Å². The maximum atomic E-state index is 13.3. The highest BCUT2D eigenvalue weighted by Crippen LogP contribution is 2.09. The second kappa shape index (κ2) is 16.3. The van der Waals surface area contributed by atoms with Crippen LogP contribution in [0.25, 0.3) is 0 Å². The summed E-state index contributed by atoms with van der Waals surface area (Å²) in [4.78, 5) is 87.6. The monoisotopic (exact) mass is 551 g/mol. The predicted molar refractivity (Wildman–Crippen MR) is 140 cm³/mol. The van der Waals surface area contributed by atoms with Crippen LogP contribution in [0.3, 0.4) is 0 Å². The van der Waals surface area contributed by atoms with Gasteiger partial charge in [-0.2, -0.15) is 0 Å². The molecule has 14 heteroatoms. The van der Waals surface area contributed by atoms with E-state index in [4.69, 9.17) is 0 Å². The molecule has 2 aliphatic heterocycles. The van der Waals surface area contributed by atoms with E-state index < -0.39 is 47.8 Å². The van der Waals surface area contributed by atoms with Gasteiger partial charge in [-0.05, 0) is 51.4 Å². The number of nitrogens with one attached hydrogen (secondary N) is 7. The van der Waals surface area contributed by atoms with Gasteiger partial charge in [-0.25, -0.2) is 0 Å². The van der Waals surface area contributed by atoms with Gasteiger partial charge in [-0.3, -0.25) is 33.6 Å². The summed E-state index contributed by atoms with van der Waals surface area (Å²) >= 11 is 0. The predicted octanol–water partition coefficient (Wildman–Crippen LogP) is -2.15. The third-order valence-corrected chi connectivity index (χ3v) is 6.64. The summed E-state index contributed by atoms with van der Waals surface area (Å²) in [6.07, 6.45) is 2.91. The van der Waals surface area contributed by atoms with Crippen molar-refractivity contribution in [3.05, 3.63) is 0 Å². The lowest BCUT2D eigenvalue weighted by atomic mass is 10.0. The fourth-order valence-electron chi connectivity index (χ4n) is 4.44. The highest BCUT2D eigenvalue weighted by molar-refractivity contribution is 5.95. The standard InChI is InChI=1S/C25H41N7O7/c1-15(33)29-16-7-3-5-13-28-21(35)12-10-19(32-23(16)37)25(39)30-17-8-4-6-14-27-20(34)11-9-18(22(36)26-2)31-24(17)38/h16-19H,3-14H2,1-2H3,(H,26,36)(H,27,34)(H,28,35)(H,29,33)(H,30,39)(H,31,38)(H,32,37)/t16-,17+,18+,19-/m0/s1. The van der Waals surface area contributed by atoms with Crippen molar-refractivity contribution in [2.45, 2.75) is 95.3 Å². The number of likely N-dealkylation sites (N-methyl/N-ethyl adjacent to an activating group) is 1. The van der Waals surface area contributed by atoms with Crippen molar-refractivity contribution in [3.8, 4) is 0 Å². The van der Waals surface area contributed by atoms with Crippen LogP contribution in [-0.4, -0.2) is 85.7 Å². The molecule has 0 bridgehead atoms. The zero-order valence-corrected chi connectivity index (χ0v) is 22.7. The van der Waals surface area contributed by atoms with Crippen LogP contribution in [0.15, 0.2) is 0 Å². The molecule has 0 aromatic rings. The first kappa shape index (κ1) is 31.5. The fourth-order valence-corrected chi connectivity index (χ4v) is 4.44. The highest BCUT2D eigenvalue weighted by atomic mass is 16.2. The molecule has 4 atom stereocenters. The van der Waals surface area contributed by atoms with Gasteiger partial charge in [-0.15, -0.1) is 0 Å². The lowest BCUT2D eigenvalue weighted by Gasteiger charge is -2.27. The molecule has 2 aliphatic rings. The van der Waals surface area contributed by atoms with E-state index in [1.165, 1.54) is 14.0 Å². The van der Waals surface area contributed by atoms with Gasteiger partial charge in [-0.1, -0.05) is 0 Å². The van der Waals surface area contributed by atoms with Gasteiger partial charge in [0, 0.05) is 39.9 Å². The molecule has 2 rings (SSSR count). The Labute approximate surface area is 227 Å². The van der Waals surface area contributed by atoms with Gasteiger partial charge in [0.25, 0.3) is 0 Å². The number of amides is 7. The molecule has 2 fully saturated rings. The van der Waals surface area contributed by atoms with Crippen molar-refractivity contribution in [1.82, 2.24) is 37.2 Å². The fraction of sp³-hybridized carbons (Fsp3) is 0.720. The van der Waals surface area contributed by atoms with Crippen LogP contribution in [0, 0.1) is 0 Å². The van der Waals surface area contributed by atoms with Crippen LogP contribution in [0.5, 0.6) is 0 Å². The van der Waals surface area contributed by atoms with Crippen molar-refractivity contribution >= 4 is 41.4 Å². The van der Waals surface area contributed by atoms with Crippen molar-refractivity contribution in [3.63, 3.8) is 0 Å². The first-order chi connectivity index (χ1) is 18.6. The van der Waals surface area contributed by atoms with Crippen LogP contribution < -0.4 is 37.2 Å². The second-order valence-electron chi connectivity index (χ2n) is 9.82. The van der Waals surface area contributed by atoms with Crippen molar-refractivity contribution in [2.24, 2.45) is 0 Å². The van der Waals surface area contributed by atoms with Gasteiger partial charge >= 0.3 is 0 Å². The number of rotatable bonds is 4. The maximum absolute atomic E-state index is 13.3. The summed E-state index contributed by atoms with van der Waals surface area (Å²) in [7, 11) is 1.42. The normalized spacial score (nSPS) is 26.3. The Bertz CT molecular complexity index is 926. The first-order valence-electron chi connectivity index (χ1n) is 13.5. The Hall–Kier alpha value is -3.71. The van der Waals surface area contributed by atoms with E-state index in [2.05, 4.69) is 37.2 Å². The van der Waals surface area contributed by atoms with Crippen molar-refractivity contribution in [2.75, 3.05) is 20.1 Å². The Balaban J connectivity index is 2.20. The smallest absolute Gasteiger partial charge is 0.243 e. The molecule has 218 valence electrons. The lowest BCUT2D eigenvalue weighted by Crippen LogP contribution is -2.58. The summed E-state index contributed by atoms with van der Waals surface area (Å²) in [6.45, 7) is 2.11. The number of carbonyl (C=O) groups is 7. The molecule has 0 spiro atoms. The van der Waals surface area contributed by atoms with Crippen LogP contribution in [0.2, 0.25) is 0 Å². The van der Waals surface area contributed by atoms with E-state index in [1.807, 2.05) is 0 Å². The molecule has 14 nitrogen and oxygen atoms in total. The van der Waals surface area contributed by atoms with Gasteiger partial charge in [0.2, 0.25) is 41.4 Å². The highest BCUT2D eigenvalue weighted by Gasteiger charge is 2.31. The Morgan fingerprint density at radius 1 is 0.667 bits per heavy atom. The van der Waals surface area contributed by atoms with Gasteiger partial charge in [0.15, 0.2) is 0 Å². The van der Waals surface area contributed by atoms with Crippen LogP contribution >= 0.6 is 0 Å². The molecule has 0 unspecified atom stereocenters. The third kappa shape index (κ3) is 11.3. The van der Waals surface area contributed by atoms with Crippen LogP contribution in [0.4, 0.5) is 0 Å². The summed E-state index contributed by atoms with van der Waals surface area (Å²) in [5, 5.41) is 18.5. The van der Waals surface area contributed by atoms with E-state index in [0.717, 1.165) is 0 Å². The summed E-state index contributed by atoms with van der Waals surface area (Å²) in [5.41, 5.74) is 0. The summed E-state index contributed by atoms with van der Waals surface area (Å²) in [6, 6.07) is -3.98. The minimum atomic E-state index is -1.14. The molecule has 2 saturated heterocycles. The summed E-state index contributed by atoms with van der Waals surface area (Å²) in [5.74, 6) is -3.14. The van der Waals surface area contributed by atoms with E-state index >= 15 is 0 Å². The molecule has 0 aromatic heterocycles. The second-order valence-corrected chi connectivity index (χ2v) is 9.82. The number of hydrogen-bond donors (Lipinski definition) is 7. The molecule has 2 heterocycles. The first-order valence-corrected chi connectivity index (χ1v) is 13.5. The third-order valence-electron chi connectivity index (χ3n) is 6.64. The average Bonchev–Trinajstić information content (AvgIpc) is 2.89. The molecule has 0 aromatic carbocycles. The van der Waals surface area contributed by atoms with Crippen molar-refractivity contribution < 1.29 is 33.6 Å². The minimum absolute atomic E-state index is 0.0164. The van der Waals surface area contributed by atoms with Gasteiger partial charge in [0.1, 0.15) is 24.2 Å². The lowest BCUT2D eigenvalue weighted by molar-refractivity contribution is -0.135. The number of hydrogen-bond acceptors (Lipinski definition) is 7. The summed E-state index contributed by atoms with van der Waals surface area (Å²) < 4.78 is 0. The molecular weight excluding hydrogens is 510 g/mol. The van der Waals surface area contributed by atoms with E-state index in [1.54, 1.807) is 0 Å². The zero-order valence-electron chi connectivity index (χ0n) is 22.7. The molecular formula is C25H41N7O7. The molecule has 7 amide bonds. The Kier molecular flexibility index (Phi) is 13.2. The Morgan fingerprint density at radius 3 is 1.59 bits per heavy atom. The van der Waals surface area contributed by atoms with Crippen LogP contribution in [-0.2, 0) is 33.6 Å². The zero-order chi connectivity index (χ0) is 28.8. The minimum Gasteiger partial charge on any atom is -0.357 e. The largest absolute Gasteiger partial charge is 0.357 e. The topological polar surface area (TPSA) is 204 Å². The van der Waals surface area contributed by atoms with E-state index in [0.29, 0.717) is 45.2 Å². The van der Waals surface area contributed by atoms with E-state index in [-0.39, 0.29) is 49.8 Å². The SMILES string of the molecule is CNC(=O)[C@H]1CCC(=O)NCCCC[C@@H](NC(=O)[C@@H]2CCC(=O)NCCCC[C@H](NC(C)=O)C(=O)N2)C(=O)N1. The molecule has 7 N–H and O–H groups in total. The maximum Gasteiger partial charge on any atom is 0.243 e. The number of carbonyl (C=O) groups excluding carboxylic acids is 7. The molecule has 0 radical (unpaired) electrons. The molecule has 0 aliphatic carbocycles. The molecule has 0 saturated carbocycles. The molecule has 39 heavy (non-hydrogen) atoms. The van der Waals surface area contributed by atoms with Gasteiger partial charge in [0.05, 0.1) is 0 Å². The Morgan fingerprint density at radius 2 is 1.13 bits per heavy atom. The average molecular weight is 552 g/mol. The van der Waals surface area contributed by atoms with Crippen LogP contribution in [0.1, 0.15) is 71.1 Å².